The largest absolute Gasteiger partial charge is 0.396 e. The van der Waals surface area contributed by atoms with Gasteiger partial charge in [-0.15, -0.1) is 0 Å². The van der Waals surface area contributed by atoms with E-state index in [1.54, 1.807) is 0 Å². The molecule has 2 nitrogen and oxygen atoms in total. The van der Waals surface area contributed by atoms with Gasteiger partial charge >= 0.3 is 0 Å². The van der Waals surface area contributed by atoms with Crippen LogP contribution in [0.2, 0.25) is 0 Å². The molecule has 0 spiro atoms. The first-order valence-corrected chi connectivity index (χ1v) is 5.90. The Kier molecular flexibility index (Phi) is 4.39. The van der Waals surface area contributed by atoms with Crippen molar-refractivity contribution in [3.8, 4) is 0 Å². The Balaban J connectivity index is 2.33. The molecule has 0 amide bonds. The van der Waals surface area contributed by atoms with Crippen LogP contribution < -0.4 is 0 Å². The molecule has 1 unspecified atom stereocenters. The summed E-state index contributed by atoms with van der Waals surface area (Å²) in [6.07, 6.45) is 4.79. The van der Waals surface area contributed by atoms with Crippen molar-refractivity contribution < 1.29 is 5.11 Å². The molecule has 14 heavy (non-hydrogen) atoms. The molecule has 2 heteroatoms. The molecule has 1 N–H and O–H groups in total. The highest BCUT2D eigenvalue weighted by Crippen LogP contribution is 2.27. The van der Waals surface area contributed by atoms with Gasteiger partial charge in [0.15, 0.2) is 0 Å². The van der Waals surface area contributed by atoms with E-state index in [1.807, 2.05) is 0 Å². The van der Waals surface area contributed by atoms with E-state index in [0.717, 1.165) is 18.9 Å². The van der Waals surface area contributed by atoms with Crippen LogP contribution in [0.15, 0.2) is 0 Å². The van der Waals surface area contributed by atoms with Crippen molar-refractivity contribution in [2.75, 3.05) is 19.7 Å². The molecule has 1 fully saturated rings. The van der Waals surface area contributed by atoms with Gasteiger partial charge in [0.1, 0.15) is 0 Å². The molecule has 0 aromatic carbocycles. The summed E-state index contributed by atoms with van der Waals surface area (Å²) in [5.41, 5.74) is 0.362. The van der Waals surface area contributed by atoms with Crippen molar-refractivity contribution in [2.24, 2.45) is 5.41 Å². The van der Waals surface area contributed by atoms with Crippen LogP contribution in [-0.2, 0) is 0 Å². The molecule has 0 aromatic heterocycles. The first-order valence-electron chi connectivity index (χ1n) is 5.90. The Morgan fingerprint density at radius 2 is 2.14 bits per heavy atom. The molecule has 1 heterocycles. The minimum absolute atomic E-state index is 0.332. The smallest absolute Gasteiger partial charge is 0.0431 e. The van der Waals surface area contributed by atoms with E-state index in [9.17, 15) is 0 Å². The van der Waals surface area contributed by atoms with Crippen LogP contribution in [0.5, 0.6) is 0 Å². The molecule has 1 aliphatic heterocycles. The predicted molar refractivity (Wildman–Crippen MR) is 60.4 cm³/mol. The number of likely N-dealkylation sites (tertiary alicyclic amines) is 1. The quantitative estimate of drug-likeness (QED) is 0.734. The monoisotopic (exact) mass is 199 g/mol. The molecule has 0 aliphatic carbocycles. The van der Waals surface area contributed by atoms with Gasteiger partial charge < -0.3 is 10.0 Å². The van der Waals surface area contributed by atoms with Crippen molar-refractivity contribution >= 4 is 0 Å². The van der Waals surface area contributed by atoms with Crippen molar-refractivity contribution in [1.82, 2.24) is 4.90 Å². The molecule has 0 radical (unpaired) electrons. The number of aliphatic hydroxyl groups excluding tert-OH is 1. The molecule has 1 saturated heterocycles. The van der Waals surface area contributed by atoms with Gasteiger partial charge in [-0.1, -0.05) is 13.8 Å². The van der Waals surface area contributed by atoms with Crippen molar-refractivity contribution in [3.05, 3.63) is 0 Å². The molecular weight excluding hydrogens is 174 g/mol. The number of rotatable bonds is 5. The van der Waals surface area contributed by atoms with Gasteiger partial charge in [-0.3, -0.25) is 0 Å². The summed E-state index contributed by atoms with van der Waals surface area (Å²) in [6, 6.07) is 0.767. The van der Waals surface area contributed by atoms with E-state index in [-0.39, 0.29) is 0 Å². The summed E-state index contributed by atoms with van der Waals surface area (Å²) in [4.78, 5) is 2.59. The van der Waals surface area contributed by atoms with E-state index in [0.29, 0.717) is 12.0 Å². The first kappa shape index (κ1) is 12.0. The van der Waals surface area contributed by atoms with Crippen LogP contribution in [0.4, 0.5) is 0 Å². The summed E-state index contributed by atoms with van der Waals surface area (Å²) in [5, 5.41) is 8.83. The highest BCUT2D eigenvalue weighted by atomic mass is 16.2. The summed E-state index contributed by atoms with van der Waals surface area (Å²) in [5.74, 6) is 0. The Morgan fingerprint density at radius 3 is 2.64 bits per heavy atom. The molecule has 1 aliphatic rings. The number of nitrogens with zero attached hydrogens (tertiary/aromatic N) is 1. The average molecular weight is 199 g/mol. The Hall–Kier alpha value is -0.0800. The van der Waals surface area contributed by atoms with Gasteiger partial charge in [0.25, 0.3) is 0 Å². The fourth-order valence-corrected chi connectivity index (χ4v) is 2.41. The highest BCUT2D eigenvalue weighted by Gasteiger charge is 2.27. The van der Waals surface area contributed by atoms with E-state index in [2.05, 4.69) is 25.7 Å². The predicted octanol–water partition coefficient (Wildman–Crippen LogP) is 2.27. The van der Waals surface area contributed by atoms with E-state index in [4.69, 9.17) is 5.11 Å². The second-order valence-electron chi connectivity index (χ2n) is 5.45. The van der Waals surface area contributed by atoms with Gasteiger partial charge in [-0.25, -0.2) is 0 Å². The van der Waals surface area contributed by atoms with E-state index in [1.165, 1.54) is 25.9 Å². The second-order valence-corrected chi connectivity index (χ2v) is 5.45. The summed E-state index contributed by atoms with van der Waals surface area (Å²) in [7, 11) is 0. The van der Waals surface area contributed by atoms with Crippen LogP contribution in [-0.4, -0.2) is 35.7 Å². The lowest BCUT2D eigenvalue weighted by molar-refractivity contribution is 0.151. The minimum atomic E-state index is 0.332. The van der Waals surface area contributed by atoms with Gasteiger partial charge in [0, 0.05) is 19.2 Å². The third-order valence-electron chi connectivity index (χ3n) is 3.33. The lowest BCUT2D eigenvalue weighted by atomic mass is 9.87. The molecular formula is C12H25NO. The zero-order chi connectivity index (χ0) is 10.6. The lowest BCUT2D eigenvalue weighted by Crippen LogP contribution is -2.36. The maximum atomic E-state index is 8.83. The molecule has 0 saturated carbocycles. The Morgan fingerprint density at radius 1 is 1.43 bits per heavy atom. The standard InChI is InChI=1S/C12H25NO/c1-11-6-4-8-13(11)10-12(2,3)7-5-9-14/h11,14H,4-10H2,1-3H3. The number of hydrogen-bond donors (Lipinski definition) is 1. The van der Waals surface area contributed by atoms with Gasteiger partial charge in [0.05, 0.1) is 0 Å². The summed E-state index contributed by atoms with van der Waals surface area (Å²) in [6.45, 7) is 9.74. The Bertz CT molecular complexity index is 168. The third-order valence-corrected chi connectivity index (χ3v) is 3.33. The lowest BCUT2D eigenvalue weighted by Gasteiger charge is -2.32. The minimum Gasteiger partial charge on any atom is -0.396 e. The van der Waals surface area contributed by atoms with Gasteiger partial charge in [-0.2, -0.15) is 0 Å². The maximum absolute atomic E-state index is 8.83. The van der Waals surface area contributed by atoms with Gasteiger partial charge in [0.2, 0.25) is 0 Å². The van der Waals surface area contributed by atoms with Crippen LogP contribution in [0.25, 0.3) is 0 Å². The molecule has 1 atom stereocenters. The molecule has 0 bridgehead atoms. The topological polar surface area (TPSA) is 23.5 Å². The summed E-state index contributed by atoms with van der Waals surface area (Å²) >= 11 is 0. The molecule has 0 aromatic rings. The van der Waals surface area contributed by atoms with Gasteiger partial charge in [-0.05, 0) is 44.6 Å². The maximum Gasteiger partial charge on any atom is 0.0431 e. The number of aliphatic hydroxyl groups is 1. The van der Waals surface area contributed by atoms with Crippen molar-refractivity contribution in [3.63, 3.8) is 0 Å². The zero-order valence-electron chi connectivity index (χ0n) is 9.92. The third kappa shape index (κ3) is 3.58. The van der Waals surface area contributed by atoms with Crippen molar-refractivity contribution in [1.29, 1.82) is 0 Å². The first-order chi connectivity index (χ1) is 6.55. The molecule has 84 valence electrons. The fraction of sp³-hybridized carbons (Fsp3) is 1.00. The second kappa shape index (κ2) is 5.13. The van der Waals surface area contributed by atoms with Crippen LogP contribution >= 0.6 is 0 Å². The SMILES string of the molecule is CC1CCCN1CC(C)(C)CCCO. The van der Waals surface area contributed by atoms with Crippen LogP contribution in [0.3, 0.4) is 0 Å². The normalized spacial score (nSPS) is 24.4. The summed E-state index contributed by atoms with van der Waals surface area (Å²) < 4.78 is 0. The fourth-order valence-electron chi connectivity index (χ4n) is 2.41. The van der Waals surface area contributed by atoms with Crippen LogP contribution in [0, 0.1) is 5.41 Å². The van der Waals surface area contributed by atoms with Crippen LogP contribution in [0.1, 0.15) is 46.5 Å². The average Bonchev–Trinajstić information content (AvgIpc) is 2.48. The number of hydrogen-bond acceptors (Lipinski definition) is 2. The van der Waals surface area contributed by atoms with E-state index < -0.39 is 0 Å². The highest BCUT2D eigenvalue weighted by molar-refractivity contribution is 4.81. The van der Waals surface area contributed by atoms with E-state index >= 15 is 0 Å². The Labute approximate surface area is 88.3 Å². The van der Waals surface area contributed by atoms with Crippen molar-refractivity contribution in [2.45, 2.75) is 52.5 Å². The zero-order valence-corrected chi connectivity index (χ0v) is 9.92. The molecule has 1 rings (SSSR count).